The number of fused-ring (bicyclic) bond motifs is 1. The van der Waals surface area contributed by atoms with Crippen LogP contribution < -0.4 is 5.32 Å². The number of carbonyl (C=O) groups excluding carboxylic acids is 1. The summed E-state index contributed by atoms with van der Waals surface area (Å²) in [4.78, 5) is 23.6. The Morgan fingerprint density at radius 2 is 1.86 bits per heavy atom. The average Bonchev–Trinajstić information content (AvgIpc) is 3.32. The van der Waals surface area contributed by atoms with Crippen LogP contribution in [0.4, 0.5) is 13.2 Å². The Morgan fingerprint density at radius 1 is 1.10 bits per heavy atom. The molecule has 0 spiro atoms. The smallest absolute Gasteiger partial charge is 0.344 e. The molecule has 0 aliphatic rings. The van der Waals surface area contributed by atoms with E-state index >= 15 is 0 Å². The molecule has 0 atom stereocenters. The van der Waals surface area contributed by atoms with E-state index in [1.54, 1.807) is 36.7 Å². The van der Waals surface area contributed by atoms with Crippen molar-refractivity contribution in [1.82, 2.24) is 30.0 Å². The number of benzene rings is 1. The van der Waals surface area contributed by atoms with Crippen LogP contribution in [0.15, 0.2) is 53.3 Å². The third-order valence-corrected chi connectivity index (χ3v) is 4.07. The minimum atomic E-state index is -4.66. The highest BCUT2D eigenvalue weighted by Gasteiger charge is 2.38. The molecule has 0 unspecified atom stereocenters. The van der Waals surface area contributed by atoms with Crippen molar-refractivity contribution in [1.29, 1.82) is 0 Å². The molecule has 4 rings (SSSR count). The van der Waals surface area contributed by atoms with Gasteiger partial charge in [0.1, 0.15) is 0 Å². The van der Waals surface area contributed by atoms with E-state index in [9.17, 15) is 18.0 Å². The lowest BCUT2D eigenvalue weighted by Gasteiger charge is -2.09. The SMILES string of the molecule is O=C(NCc1ccncc1)c1nc(Cn2c(C(F)(F)F)nc3ccccc32)no1. The van der Waals surface area contributed by atoms with E-state index in [4.69, 9.17) is 4.52 Å². The Labute approximate surface area is 161 Å². The van der Waals surface area contributed by atoms with Crippen LogP contribution >= 0.6 is 0 Å². The van der Waals surface area contributed by atoms with E-state index < -0.39 is 17.9 Å². The number of imidazole rings is 1. The second-order valence-electron chi connectivity index (χ2n) is 6.06. The van der Waals surface area contributed by atoms with Gasteiger partial charge in [-0.1, -0.05) is 17.3 Å². The van der Waals surface area contributed by atoms with Gasteiger partial charge in [-0.05, 0) is 29.8 Å². The molecule has 148 valence electrons. The Hall–Kier alpha value is -3.76. The lowest BCUT2D eigenvalue weighted by molar-refractivity contribution is -0.146. The first-order valence-electron chi connectivity index (χ1n) is 8.44. The third kappa shape index (κ3) is 3.93. The van der Waals surface area contributed by atoms with Gasteiger partial charge < -0.3 is 14.4 Å². The van der Waals surface area contributed by atoms with E-state index in [1.807, 2.05) is 0 Å². The molecule has 3 heterocycles. The van der Waals surface area contributed by atoms with Crippen molar-refractivity contribution in [3.05, 3.63) is 71.9 Å². The highest BCUT2D eigenvalue weighted by molar-refractivity contribution is 5.89. The molecule has 1 aromatic carbocycles. The minimum absolute atomic E-state index is 0.0762. The fourth-order valence-electron chi connectivity index (χ4n) is 2.76. The van der Waals surface area contributed by atoms with Crippen LogP contribution in [0.3, 0.4) is 0 Å². The zero-order valence-electron chi connectivity index (χ0n) is 14.7. The van der Waals surface area contributed by atoms with Gasteiger partial charge >= 0.3 is 18.0 Å². The average molecular weight is 402 g/mol. The lowest BCUT2D eigenvalue weighted by atomic mass is 10.3. The molecule has 0 saturated heterocycles. The number of nitrogens with zero attached hydrogens (tertiary/aromatic N) is 5. The Morgan fingerprint density at radius 3 is 2.62 bits per heavy atom. The first-order valence-corrected chi connectivity index (χ1v) is 8.44. The molecule has 0 bridgehead atoms. The summed E-state index contributed by atoms with van der Waals surface area (Å²) >= 11 is 0. The maximum absolute atomic E-state index is 13.4. The van der Waals surface area contributed by atoms with Gasteiger partial charge in [-0.2, -0.15) is 18.2 Å². The van der Waals surface area contributed by atoms with Crippen LogP contribution in [0, 0.1) is 0 Å². The molecule has 0 aliphatic heterocycles. The molecule has 0 fully saturated rings. The van der Waals surface area contributed by atoms with Crippen LogP contribution in [0.25, 0.3) is 11.0 Å². The number of para-hydroxylation sites is 2. The van der Waals surface area contributed by atoms with Gasteiger partial charge in [0.05, 0.1) is 17.6 Å². The maximum atomic E-state index is 13.4. The van der Waals surface area contributed by atoms with Gasteiger partial charge in [-0.3, -0.25) is 9.78 Å². The largest absolute Gasteiger partial charge is 0.449 e. The Kier molecular flexibility index (Phi) is 4.71. The predicted molar refractivity (Wildman–Crippen MR) is 93.5 cm³/mol. The van der Waals surface area contributed by atoms with Gasteiger partial charge in [-0.15, -0.1) is 0 Å². The third-order valence-electron chi connectivity index (χ3n) is 4.07. The van der Waals surface area contributed by atoms with Crippen LogP contribution in [-0.4, -0.2) is 30.6 Å². The number of carbonyl (C=O) groups is 1. The normalized spacial score (nSPS) is 11.7. The number of hydrogen-bond acceptors (Lipinski definition) is 6. The molecule has 1 amide bonds. The lowest BCUT2D eigenvalue weighted by Crippen LogP contribution is -2.23. The van der Waals surface area contributed by atoms with Crippen molar-refractivity contribution < 1.29 is 22.5 Å². The number of hydrogen-bond donors (Lipinski definition) is 1. The van der Waals surface area contributed by atoms with Crippen LogP contribution in [-0.2, 0) is 19.3 Å². The number of alkyl halides is 3. The molecular weight excluding hydrogens is 389 g/mol. The van der Waals surface area contributed by atoms with Crippen LogP contribution in [0.2, 0.25) is 0 Å². The number of rotatable bonds is 5. The summed E-state index contributed by atoms with van der Waals surface area (Å²) in [6, 6.07) is 9.65. The van der Waals surface area contributed by atoms with E-state index in [1.165, 1.54) is 12.1 Å². The molecule has 1 N–H and O–H groups in total. The van der Waals surface area contributed by atoms with Crippen molar-refractivity contribution in [2.45, 2.75) is 19.3 Å². The van der Waals surface area contributed by atoms with Crippen molar-refractivity contribution in [3.63, 3.8) is 0 Å². The summed E-state index contributed by atoms with van der Waals surface area (Å²) in [5.74, 6) is -2.13. The second-order valence-corrected chi connectivity index (χ2v) is 6.06. The van der Waals surface area contributed by atoms with Crippen molar-refractivity contribution in [3.8, 4) is 0 Å². The molecular formula is C18H13F3N6O2. The van der Waals surface area contributed by atoms with Crippen molar-refractivity contribution in [2.24, 2.45) is 0 Å². The fraction of sp³-hybridized carbons (Fsp3) is 0.167. The molecule has 0 saturated carbocycles. The molecule has 11 heteroatoms. The number of pyridine rings is 1. The monoisotopic (exact) mass is 402 g/mol. The maximum Gasteiger partial charge on any atom is 0.449 e. The van der Waals surface area contributed by atoms with Crippen LogP contribution in [0.1, 0.15) is 27.9 Å². The highest BCUT2D eigenvalue weighted by atomic mass is 19.4. The van der Waals surface area contributed by atoms with Crippen molar-refractivity contribution in [2.75, 3.05) is 0 Å². The van der Waals surface area contributed by atoms with Gasteiger partial charge in [0.15, 0.2) is 5.82 Å². The zero-order valence-corrected chi connectivity index (χ0v) is 14.7. The summed E-state index contributed by atoms with van der Waals surface area (Å²) in [5.41, 5.74) is 1.28. The first kappa shape index (κ1) is 18.6. The number of halogens is 3. The summed E-state index contributed by atoms with van der Waals surface area (Å²) in [7, 11) is 0. The fourth-order valence-corrected chi connectivity index (χ4v) is 2.76. The quantitative estimate of drug-likeness (QED) is 0.551. The number of aromatic nitrogens is 5. The topological polar surface area (TPSA) is 98.7 Å². The van der Waals surface area contributed by atoms with E-state index in [2.05, 4.69) is 25.4 Å². The van der Waals surface area contributed by atoms with Crippen LogP contribution in [0.5, 0.6) is 0 Å². The molecule has 0 aliphatic carbocycles. The highest BCUT2D eigenvalue weighted by Crippen LogP contribution is 2.31. The summed E-state index contributed by atoms with van der Waals surface area (Å²) < 4.78 is 45.9. The molecule has 8 nitrogen and oxygen atoms in total. The zero-order chi connectivity index (χ0) is 20.4. The van der Waals surface area contributed by atoms with Gasteiger partial charge in [0.2, 0.25) is 5.82 Å². The summed E-state index contributed by atoms with van der Waals surface area (Å²) in [5, 5.41) is 6.21. The second kappa shape index (κ2) is 7.34. The predicted octanol–water partition coefficient (Wildman–Crippen LogP) is 2.81. The van der Waals surface area contributed by atoms with E-state index in [-0.39, 0.29) is 35.8 Å². The summed E-state index contributed by atoms with van der Waals surface area (Å²) in [6.07, 6.45) is -1.49. The van der Waals surface area contributed by atoms with Gasteiger partial charge in [0, 0.05) is 18.9 Å². The van der Waals surface area contributed by atoms with Crippen molar-refractivity contribution >= 4 is 16.9 Å². The number of nitrogens with one attached hydrogen (secondary N) is 1. The molecule has 0 radical (unpaired) electrons. The Balaban J connectivity index is 1.54. The van der Waals surface area contributed by atoms with Gasteiger partial charge in [-0.25, -0.2) is 4.98 Å². The molecule has 4 aromatic rings. The number of amides is 1. The molecule has 3 aromatic heterocycles. The molecule has 29 heavy (non-hydrogen) atoms. The Bertz CT molecular complexity index is 1150. The van der Waals surface area contributed by atoms with E-state index in [0.717, 1.165) is 10.1 Å². The summed E-state index contributed by atoms with van der Waals surface area (Å²) in [6.45, 7) is -0.139. The van der Waals surface area contributed by atoms with E-state index in [0.29, 0.717) is 0 Å². The first-order chi connectivity index (χ1) is 13.9. The minimum Gasteiger partial charge on any atom is -0.344 e. The van der Waals surface area contributed by atoms with Gasteiger partial charge in [0.25, 0.3) is 0 Å². The standard InChI is InChI=1S/C18H13F3N6O2/c19-18(20,21)17-24-12-3-1-2-4-13(12)27(17)10-14-25-16(29-26-14)15(28)23-9-11-5-7-22-8-6-11/h1-8H,9-10H2,(H,23,28).